The van der Waals surface area contributed by atoms with Gasteiger partial charge in [0.2, 0.25) is 17.7 Å². The van der Waals surface area contributed by atoms with Crippen LogP contribution in [0.5, 0.6) is 5.75 Å². The summed E-state index contributed by atoms with van der Waals surface area (Å²) in [5, 5.41) is 35.5. The van der Waals surface area contributed by atoms with E-state index in [1.807, 2.05) is 0 Å². The van der Waals surface area contributed by atoms with Crippen LogP contribution in [0.1, 0.15) is 37.9 Å². The Labute approximate surface area is 224 Å². The van der Waals surface area contributed by atoms with E-state index in [9.17, 15) is 39.3 Å². The number of nitrogens with one attached hydrogen (secondary N) is 4. The van der Waals surface area contributed by atoms with Crippen LogP contribution in [0, 0.1) is 5.92 Å². The Kier molecular flexibility index (Phi) is 11.4. The number of amides is 3. The molecule has 14 heteroatoms. The standard InChI is InChI=1S/C25H34N6O8/c1-13(2)7-20(25(38)39)31-23(36)18(8-14-3-5-16(32)6-4-14)30-24(37)19(10-21(33)34)29-22(35)17(26)9-15-11-27-12-28-15/h3-6,11-13,17-20,32H,7-10,26H2,1-2H3,(H,27,28)(H,29,35)(H,30,37)(H,31,36)(H,33,34)(H,38,39). The van der Waals surface area contributed by atoms with Crippen molar-refractivity contribution in [2.45, 2.75) is 63.7 Å². The van der Waals surface area contributed by atoms with Crippen LogP contribution < -0.4 is 21.7 Å². The molecule has 0 aliphatic rings. The maximum absolute atomic E-state index is 13.1. The highest BCUT2D eigenvalue weighted by molar-refractivity contribution is 5.95. The average molecular weight is 547 g/mol. The molecule has 0 fully saturated rings. The molecule has 3 amide bonds. The molecule has 14 nitrogen and oxygen atoms in total. The number of nitrogens with zero attached hydrogens (tertiary/aromatic N) is 1. The fourth-order valence-electron chi connectivity index (χ4n) is 3.70. The summed E-state index contributed by atoms with van der Waals surface area (Å²) in [4.78, 5) is 68.6. The first-order chi connectivity index (χ1) is 18.3. The second-order valence-corrected chi connectivity index (χ2v) is 9.51. The van der Waals surface area contributed by atoms with E-state index in [-0.39, 0.29) is 30.9 Å². The molecule has 0 aliphatic carbocycles. The lowest BCUT2D eigenvalue weighted by atomic mass is 10.0. The molecule has 4 unspecified atom stereocenters. The summed E-state index contributed by atoms with van der Waals surface area (Å²) in [7, 11) is 0. The van der Waals surface area contributed by atoms with Gasteiger partial charge in [0.05, 0.1) is 18.8 Å². The summed E-state index contributed by atoms with van der Waals surface area (Å²) < 4.78 is 0. The number of aromatic nitrogens is 2. The van der Waals surface area contributed by atoms with Crippen LogP contribution in [-0.2, 0) is 36.8 Å². The van der Waals surface area contributed by atoms with E-state index in [1.54, 1.807) is 13.8 Å². The van der Waals surface area contributed by atoms with Gasteiger partial charge in [-0.25, -0.2) is 9.78 Å². The van der Waals surface area contributed by atoms with Crippen LogP contribution in [0.4, 0.5) is 0 Å². The fraction of sp³-hybridized carbons (Fsp3) is 0.440. The van der Waals surface area contributed by atoms with Gasteiger partial charge < -0.3 is 42.0 Å². The summed E-state index contributed by atoms with van der Waals surface area (Å²) in [5.41, 5.74) is 6.97. The van der Waals surface area contributed by atoms with Crippen LogP contribution in [0.25, 0.3) is 0 Å². The number of rotatable bonds is 15. The number of phenols is 1. The van der Waals surface area contributed by atoms with Crippen molar-refractivity contribution in [1.29, 1.82) is 0 Å². The van der Waals surface area contributed by atoms with E-state index in [0.717, 1.165) is 0 Å². The summed E-state index contributed by atoms with van der Waals surface area (Å²) in [5.74, 6) is -5.32. The van der Waals surface area contributed by atoms with Gasteiger partial charge in [0.25, 0.3) is 0 Å². The van der Waals surface area contributed by atoms with Crippen LogP contribution in [0.3, 0.4) is 0 Å². The molecule has 0 aliphatic heterocycles. The minimum Gasteiger partial charge on any atom is -0.508 e. The number of aromatic amines is 1. The monoisotopic (exact) mass is 546 g/mol. The van der Waals surface area contributed by atoms with Crippen molar-refractivity contribution in [3.8, 4) is 5.75 Å². The minimum absolute atomic E-state index is 0.0256. The van der Waals surface area contributed by atoms with Gasteiger partial charge in [0.1, 0.15) is 23.9 Å². The maximum atomic E-state index is 13.1. The predicted molar refractivity (Wildman–Crippen MR) is 137 cm³/mol. The topological polar surface area (TPSA) is 237 Å². The van der Waals surface area contributed by atoms with Crippen LogP contribution >= 0.6 is 0 Å². The van der Waals surface area contributed by atoms with Crippen LogP contribution in [0.15, 0.2) is 36.8 Å². The summed E-state index contributed by atoms with van der Waals surface area (Å²) in [6.45, 7) is 3.57. The van der Waals surface area contributed by atoms with Gasteiger partial charge in [-0.05, 0) is 30.0 Å². The third-order valence-electron chi connectivity index (χ3n) is 5.67. The Balaban J connectivity index is 2.22. The SMILES string of the molecule is CC(C)CC(NC(=O)C(Cc1ccc(O)cc1)NC(=O)C(CC(=O)O)NC(=O)C(N)Cc1cnc[nH]1)C(=O)O. The highest BCUT2D eigenvalue weighted by atomic mass is 16.4. The number of H-pyrrole nitrogens is 1. The number of carboxylic acids is 2. The molecule has 9 N–H and O–H groups in total. The maximum Gasteiger partial charge on any atom is 0.326 e. The number of hydrogen-bond acceptors (Lipinski definition) is 8. The smallest absolute Gasteiger partial charge is 0.326 e. The molecule has 0 saturated heterocycles. The molecule has 39 heavy (non-hydrogen) atoms. The summed E-state index contributed by atoms with van der Waals surface area (Å²) >= 11 is 0. The number of carbonyl (C=O) groups excluding carboxylic acids is 3. The zero-order valence-corrected chi connectivity index (χ0v) is 21.6. The lowest BCUT2D eigenvalue weighted by molar-refractivity contribution is -0.143. The molecule has 2 rings (SSSR count). The van der Waals surface area contributed by atoms with Crippen molar-refractivity contribution < 1.29 is 39.3 Å². The van der Waals surface area contributed by atoms with Crippen molar-refractivity contribution in [3.63, 3.8) is 0 Å². The molecule has 0 bridgehead atoms. The number of aliphatic carboxylic acids is 2. The zero-order valence-electron chi connectivity index (χ0n) is 21.6. The average Bonchev–Trinajstić information content (AvgIpc) is 3.36. The number of aromatic hydroxyl groups is 1. The molecule has 0 radical (unpaired) electrons. The van der Waals surface area contributed by atoms with Crippen LogP contribution in [-0.4, -0.2) is 79.1 Å². The third kappa shape index (κ3) is 10.4. The number of benzene rings is 1. The van der Waals surface area contributed by atoms with Crippen LogP contribution in [0.2, 0.25) is 0 Å². The summed E-state index contributed by atoms with van der Waals surface area (Å²) in [6.07, 6.45) is 2.13. The lowest BCUT2D eigenvalue weighted by Crippen LogP contribution is -2.58. The summed E-state index contributed by atoms with van der Waals surface area (Å²) in [6, 6.07) is 0.501. The molecule has 4 atom stereocenters. The normalized spacial score (nSPS) is 14.1. The van der Waals surface area contributed by atoms with Gasteiger partial charge in [0, 0.05) is 24.7 Å². The Morgan fingerprint density at radius 3 is 2.03 bits per heavy atom. The van der Waals surface area contributed by atoms with Gasteiger partial charge in [-0.15, -0.1) is 0 Å². The highest BCUT2D eigenvalue weighted by Crippen LogP contribution is 2.13. The molecule has 0 spiro atoms. The van der Waals surface area contributed by atoms with Gasteiger partial charge in [0.15, 0.2) is 0 Å². The van der Waals surface area contributed by atoms with Gasteiger partial charge >= 0.3 is 11.9 Å². The van der Waals surface area contributed by atoms with Crippen molar-refractivity contribution in [1.82, 2.24) is 25.9 Å². The first-order valence-electron chi connectivity index (χ1n) is 12.2. The minimum atomic E-state index is -1.58. The zero-order chi connectivity index (χ0) is 29.1. The van der Waals surface area contributed by atoms with Crippen molar-refractivity contribution in [2.75, 3.05) is 0 Å². The fourth-order valence-corrected chi connectivity index (χ4v) is 3.70. The molecule has 2 aromatic rings. The quantitative estimate of drug-likeness (QED) is 0.140. The number of nitrogens with two attached hydrogens (primary N) is 1. The number of carboxylic acid groups (broad SMARTS) is 2. The highest BCUT2D eigenvalue weighted by Gasteiger charge is 2.32. The van der Waals surface area contributed by atoms with Crippen molar-refractivity contribution in [3.05, 3.63) is 48.0 Å². The van der Waals surface area contributed by atoms with E-state index in [2.05, 4.69) is 25.9 Å². The Bertz CT molecular complexity index is 1140. The molecule has 0 saturated carbocycles. The number of hydrogen-bond donors (Lipinski definition) is 8. The Morgan fingerprint density at radius 2 is 1.49 bits per heavy atom. The molecule has 1 aromatic heterocycles. The van der Waals surface area contributed by atoms with E-state index in [4.69, 9.17) is 5.73 Å². The van der Waals surface area contributed by atoms with Crippen molar-refractivity contribution >= 4 is 29.7 Å². The third-order valence-corrected chi connectivity index (χ3v) is 5.67. The second-order valence-electron chi connectivity index (χ2n) is 9.51. The number of carbonyl (C=O) groups is 5. The molecular weight excluding hydrogens is 512 g/mol. The predicted octanol–water partition coefficient (Wildman–Crippen LogP) is -0.712. The van der Waals surface area contributed by atoms with Gasteiger partial charge in [-0.2, -0.15) is 0 Å². The van der Waals surface area contributed by atoms with Gasteiger partial charge in [-0.1, -0.05) is 26.0 Å². The Hall–Kier alpha value is -4.46. The lowest BCUT2D eigenvalue weighted by Gasteiger charge is -2.25. The van der Waals surface area contributed by atoms with E-state index in [0.29, 0.717) is 11.3 Å². The van der Waals surface area contributed by atoms with E-state index >= 15 is 0 Å². The van der Waals surface area contributed by atoms with E-state index in [1.165, 1.54) is 36.8 Å². The van der Waals surface area contributed by atoms with Crippen molar-refractivity contribution in [2.24, 2.45) is 11.7 Å². The second kappa shape index (κ2) is 14.5. The molecule has 1 aromatic carbocycles. The number of imidazole rings is 1. The number of phenolic OH excluding ortho intramolecular Hbond substituents is 1. The first kappa shape index (κ1) is 30.8. The molecular formula is C25H34N6O8. The van der Waals surface area contributed by atoms with Gasteiger partial charge in [-0.3, -0.25) is 19.2 Å². The molecule has 212 valence electrons. The van der Waals surface area contributed by atoms with E-state index < -0.39 is 60.2 Å². The first-order valence-corrected chi connectivity index (χ1v) is 12.2. The largest absolute Gasteiger partial charge is 0.508 e. The Morgan fingerprint density at radius 1 is 0.897 bits per heavy atom. The molecule has 1 heterocycles.